The van der Waals surface area contributed by atoms with E-state index in [4.69, 9.17) is 10.8 Å². The van der Waals surface area contributed by atoms with Gasteiger partial charge in [-0.2, -0.15) is 0 Å². The van der Waals surface area contributed by atoms with Gasteiger partial charge in [0.25, 0.3) is 0 Å². The second kappa shape index (κ2) is 5.16. The molecule has 0 aromatic heterocycles. The van der Waals surface area contributed by atoms with E-state index in [1.807, 2.05) is 0 Å². The molecule has 0 fully saturated rings. The first-order valence-electron chi connectivity index (χ1n) is 4.85. The van der Waals surface area contributed by atoms with Crippen molar-refractivity contribution in [1.29, 1.82) is 0 Å². The average molecular weight is 222 g/mol. The van der Waals surface area contributed by atoms with Crippen LogP contribution in [0.4, 0.5) is 5.69 Å². The summed E-state index contributed by atoms with van der Waals surface area (Å²) in [6.07, 6.45) is 0.128. The molecule has 0 aliphatic carbocycles. The van der Waals surface area contributed by atoms with Gasteiger partial charge in [0.05, 0.1) is 6.42 Å². The van der Waals surface area contributed by atoms with Gasteiger partial charge in [0.2, 0.25) is 5.91 Å². The zero-order chi connectivity index (χ0) is 12.1. The number of hydrogen-bond donors (Lipinski definition) is 3. The zero-order valence-corrected chi connectivity index (χ0v) is 8.93. The SMILES string of the molecule is C[C@@H](NC(=O)Cc1cccc(N)c1)C(=O)O. The molecule has 86 valence electrons. The van der Waals surface area contributed by atoms with Gasteiger partial charge in [-0.3, -0.25) is 9.59 Å². The van der Waals surface area contributed by atoms with Crippen LogP contribution in [0.5, 0.6) is 0 Å². The quantitative estimate of drug-likeness (QED) is 0.643. The molecular weight excluding hydrogens is 208 g/mol. The molecule has 1 aromatic rings. The highest BCUT2D eigenvalue weighted by Crippen LogP contribution is 2.07. The van der Waals surface area contributed by atoms with Crippen LogP contribution in [-0.2, 0) is 16.0 Å². The van der Waals surface area contributed by atoms with Crippen LogP contribution in [0.1, 0.15) is 12.5 Å². The van der Waals surface area contributed by atoms with Crippen LogP contribution < -0.4 is 11.1 Å². The number of aliphatic carboxylic acids is 1. The summed E-state index contributed by atoms with van der Waals surface area (Å²) in [6.45, 7) is 1.42. The standard InChI is InChI=1S/C11H14N2O3/c1-7(11(15)16)13-10(14)6-8-3-2-4-9(12)5-8/h2-5,7H,6,12H2,1H3,(H,13,14)(H,15,16)/t7-/m1/s1. The molecule has 16 heavy (non-hydrogen) atoms. The summed E-state index contributed by atoms with van der Waals surface area (Å²) in [5.41, 5.74) is 6.90. The first-order chi connectivity index (χ1) is 7.49. The molecule has 1 atom stereocenters. The van der Waals surface area contributed by atoms with Crippen molar-refractivity contribution in [1.82, 2.24) is 5.32 Å². The summed E-state index contributed by atoms with van der Waals surface area (Å²) in [5.74, 6) is -1.39. The van der Waals surface area contributed by atoms with Gasteiger partial charge in [-0.1, -0.05) is 12.1 Å². The number of carbonyl (C=O) groups is 2. The van der Waals surface area contributed by atoms with Crippen LogP contribution >= 0.6 is 0 Å². The Morgan fingerprint density at radius 1 is 1.50 bits per heavy atom. The van der Waals surface area contributed by atoms with E-state index in [0.29, 0.717) is 5.69 Å². The van der Waals surface area contributed by atoms with Crippen molar-refractivity contribution < 1.29 is 14.7 Å². The maximum atomic E-state index is 11.4. The molecule has 1 amide bonds. The molecule has 0 saturated heterocycles. The molecule has 0 aliphatic rings. The van der Waals surface area contributed by atoms with Gasteiger partial charge in [-0.25, -0.2) is 0 Å². The lowest BCUT2D eigenvalue weighted by molar-refractivity contribution is -0.141. The number of nitrogen functional groups attached to an aromatic ring is 1. The number of rotatable bonds is 4. The van der Waals surface area contributed by atoms with Gasteiger partial charge >= 0.3 is 5.97 Å². The van der Waals surface area contributed by atoms with Crippen molar-refractivity contribution in [3.05, 3.63) is 29.8 Å². The third kappa shape index (κ3) is 3.61. The van der Waals surface area contributed by atoms with Crippen molar-refractivity contribution in [3.63, 3.8) is 0 Å². The predicted octanol–water partition coefficient (Wildman–Crippen LogP) is 0.401. The van der Waals surface area contributed by atoms with Gasteiger partial charge in [-0.15, -0.1) is 0 Å². The fourth-order valence-electron chi connectivity index (χ4n) is 1.24. The summed E-state index contributed by atoms with van der Waals surface area (Å²) >= 11 is 0. The van der Waals surface area contributed by atoms with Crippen LogP contribution in [0, 0.1) is 0 Å². The van der Waals surface area contributed by atoms with E-state index in [-0.39, 0.29) is 12.3 Å². The molecule has 0 radical (unpaired) electrons. The number of anilines is 1. The number of hydrogen-bond acceptors (Lipinski definition) is 3. The van der Waals surface area contributed by atoms with Crippen molar-refractivity contribution >= 4 is 17.6 Å². The Hall–Kier alpha value is -2.04. The third-order valence-electron chi connectivity index (χ3n) is 2.06. The lowest BCUT2D eigenvalue weighted by atomic mass is 10.1. The van der Waals surface area contributed by atoms with Crippen LogP contribution in [0.3, 0.4) is 0 Å². The molecule has 0 unspecified atom stereocenters. The van der Waals surface area contributed by atoms with E-state index in [9.17, 15) is 9.59 Å². The Balaban J connectivity index is 2.55. The number of benzene rings is 1. The normalized spacial score (nSPS) is 11.8. The highest BCUT2D eigenvalue weighted by atomic mass is 16.4. The fraction of sp³-hybridized carbons (Fsp3) is 0.273. The number of carboxylic acid groups (broad SMARTS) is 1. The van der Waals surface area contributed by atoms with Crippen LogP contribution in [0.2, 0.25) is 0 Å². The lowest BCUT2D eigenvalue weighted by Crippen LogP contribution is -2.39. The summed E-state index contributed by atoms with van der Waals surface area (Å²) in [5, 5.41) is 11.0. The highest BCUT2D eigenvalue weighted by Gasteiger charge is 2.13. The first-order valence-corrected chi connectivity index (χ1v) is 4.85. The Labute approximate surface area is 93.3 Å². The van der Waals surface area contributed by atoms with E-state index in [0.717, 1.165) is 5.56 Å². The van der Waals surface area contributed by atoms with Crippen molar-refractivity contribution in [2.45, 2.75) is 19.4 Å². The number of amides is 1. The third-order valence-corrected chi connectivity index (χ3v) is 2.06. The topological polar surface area (TPSA) is 92.4 Å². The van der Waals surface area contributed by atoms with Gasteiger partial charge in [0, 0.05) is 5.69 Å². The highest BCUT2D eigenvalue weighted by molar-refractivity contribution is 5.84. The minimum atomic E-state index is -1.05. The fourth-order valence-corrected chi connectivity index (χ4v) is 1.24. The number of carboxylic acids is 1. The van der Waals surface area contributed by atoms with Gasteiger partial charge in [0.1, 0.15) is 6.04 Å². The minimum absolute atomic E-state index is 0.128. The maximum absolute atomic E-state index is 11.4. The van der Waals surface area contributed by atoms with Crippen LogP contribution in [0.25, 0.3) is 0 Å². The molecule has 0 spiro atoms. The molecule has 1 aromatic carbocycles. The average Bonchev–Trinajstić information content (AvgIpc) is 2.16. The maximum Gasteiger partial charge on any atom is 0.325 e. The monoisotopic (exact) mass is 222 g/mol. The Bertz CT molecular complexity index is 404. The van der Waals surface area contributed by atoms with E-state index in [1.165, 1.54) is 6.92 Å². The van der Waals surface area contributed by atoms with E-state index >= 15 is 0 Å². The Morgan fingerprint density at radius 2 is 2.19 bits per heavy atom. The molecule has 1 rings (SSSR count). The van der Waals surface area contributed by atoms with Gasteiger partial charge < -0.3 is 16.2 Å². The van der Waals surface area contributed by atoms with Gasteiger partial charge in [0.15, 0.2) is 0 Å². The molecule has 5 heteroatoms. The van der Waals surface area contributed by atoms with Crippen molar-refractivity contribution in [2.24, 2.45) is 0 Å². The zero-order valence-electron chi connectivity index (χ0n) is 8.93. The summed E-state index contributed by atoms with van der Waals surface area (Å²) in [7, 11) is 0. The summed E-state index contributed by atoms with van der Waals surface area (Å²) < 4.78 is 0. The predicted molar refractivity (Wildman–Crippen MR) is 59.8 cm³/mol. The second-order valence-corrected chi connectivity index (χ2v) is 3.55. The Kier molecular flexibility index (Phi) is 3.88. The summed E-state index contributed by atoms with van der Waals surface area (Å²) in [4.78, 5) is 21.9. The molecule has 0 saturated carbocycles. The largest absolute Gasteiger partial charge is 0.480 e. The molecule has 0 aliphatic heterocycles. The number of carbonyl (C=O) groups excluding carboxylic acids is 1. The summed E-state index contributed by atoms with van der Waals surface area (Å²) in [6, 6.07) is 6.04. The second-order valence-electron chi connectivity index (χ2n) is 3.55. The molecular formula is C11H14N2O3. The molecule has 0 heterocycles. The van der Waals surface area contributed by atoms with Crippen molar-refractivity contribution in [2.75, 3.05) is 5.73 Å². The molecule has 0 bridgehead atoms. The van der Waals surface area contributed by atoms with E-state index in [2.05, 4.69) is 5.32 Å². The van der Waals surface area contributed by atoms with Crippen molar-refractivity contribution in [3.8, 4) is 0 Å². The number of nitrogens with one attached hydrogen (secondary N) is 1. The lowest BCUT2D eigenvalue weighted by Gasteiger charge is -2.09. The van der Waals surface area contributed by atoms with E-state index in [1.54, 1.807) is 24.3 Å². The van der Waals surface area contributed by atoms with Crippen LogP contribution in [-0.4, -0.2) is 23.0 Å². The smallest absolute Gasteiger partial charge is 0.325 e. The minimum Gasteiger partial charge on any atom is -0.480 e. The van der Waals surface area contributed by atoms with E-state index < -0.39 is 12.0 Å². The molecule has 4 N–H and O–H groups in total. The van der Waals surface area contributed by atoms with Gasteiger partial charge in [-0.05, 0) is 24.6 Å². The van der Waals surface area contributed by atoms with Crippen LogP contribution in [0.15, 0.2) is 24.3 Å². The number of nitrogens with two attached hydrogens (primary N) is 1. The molecule has 5 nitrogen and oxygen atoms in total. The Morgan fingerprint density at radius 3 is 2.75 bits per heavy atom. The first kappa shape index (κ1) is 12.0.